The van der Waals surface area contributed by atoms with Gasteiger partial charge in [0.1, 0.15) is 17.2 Å². The standard InChI is InChI=1S/C21H15NO5S/c1-25-17-9-5-8-14-10-16(21(24)27-18(14)17)20(23)26-11-15-12-28-19(22-15)13-6-3-2-4-7-13/h2-10,12H,11H2,1H3. The molecule has 2 aromatic heterocycles. The lowest BCUT2D eigenvalue weighted by atomic mass is 10.2. The summed E-state index contributed by atoms with van der Waals surface area (Å²) in [7, 11) is 1.48. The van der Waals surface area contributed by atoms with Crippen LogP contribution >= 0.6 is 11.3 Å². The second-order valence-electron chi connectivity index (χ2n) is 5.91. The molecule has 4 rings (SSSR count). The molecule has 0 saturated carbocycles. The van der Waals surface area contributed by atoms with Crippen molar-refractivity contribution in [3.63, 3.8) is 0 Å². The Kier molecular flexibility index (Phi) is 4.90. The third-order valence-corrected chi connectivity index (χ3v) is 5.03. The van der Waals surface area contributed by atoms with Gasteiger partial charge in [-0.25, -0.2) is 14.6 Å². The molecule has 0 spiro atoms. The molecule has 0 bridgehead atoms. The molecule has 2 aromatic carbocycles. The quantitative estimate of drug-likeness (QED) is 0.372. The van der Waals surface area contributed by atoms with Gasteiger partial charge in [-0.1, -0.05) is 42.5 Å². The lowest BCUT2D eigenvalue weighted by Gasteiger charge is -2.06. The predicted octanol–water partition coefficient (Wildman–Crippen LogP) is 4.28. The number of carbonyl (C=O) groups excluding carboxylic acids is 1. The normalized spacial score (nSPS) is 10.8. The number of thiazole rings is 1. The van der Waals surface area contributed by atoms with Gasteiger partial charge in [-0.05, 0) is 12.1 Å². The first-order valence-electron chi connectivity index (χ1n) is 8.43. The van der Waals surface area contributed by atoms with Crippen LogP contribution in [-0.4, -0.2) is 18.1 Å². The minimum absolute atomic E-state index is 0.0300. The maximum Gasteiger partial charge on any atom is 0.351 e. The van der Waals surface area contributed by atoms with E-state index in [-0.39, 0.29) is 12.2 Å². The highest BCUT2D eigenvalue weighted by molar-refractivity contribution is 7.13. The van der Waals surface area contributed by atoms with Gasteiger partial charge in [0.2, 0.25) is 0 Å². The Morgan fingerprint density at radius 3 is 2.75 bits per heavy atom. The number of ether oxygens (including phenoxy) is 2. The Hall–Kier alpha value is -3.45. The van der Waals surface area contributed by atoms with Crippen LogP contribution in [0.2, 0.25) is 0 Å². The number of para-hydroxylation sites is 1. The molecule has 4 aromatic rings. The summed E-state index contributed by atoms with van der Waals surface area (Å²) in [6.45, 7) is -0.0300. The summed E-state index contributed by atoms with van der Waals surface area (Å²) in [6.07, 6.45) is 0. The zero-order valence-corrected chi connectivity index (χ0v) is 15.7. The van der Waals surface area contributed by atoms with E-state index in [0.717, 1.165) is 10.6 Å². The number of nitrogens with zero attached hydrogens (tertiary/aromatic N) is 1. The van der Waals surface area contributed by atoms with Crippen molar-refractivity contribution in [3.05, 3.63) is 81.7 Å². The van der Waals surface area contributed by atoms with Crippen LogP contribution in [0.3, 0.4) is 0 Å². The molecule has 7 heteroatoms. The zero-order chi connectivity index (χ0) is 19.5. The van der Waals surface area contributed by atoms with Gasteiger partial charge in [0, 0.05) is 16.3 Å². The van der Waals surface area contributed by atoms with Crippen molar-refractivity contribution >= 4 is 28.3 Å². The van der Waals surface area contributed by atoms with Crippen LogP contribution in [0, 0.1) is 0 Å². The molecule has 0 radical (unpaired) electrons. The zero-order valence-electron chi connectivity index (χ0n) is 14.9. The summed E-state index contributed by atoms with van der Waals surface area (Å²) in [4.78, 5) is 29.0. The minimum atomic E-state index is -0.773. The number of aromatic nitrogens is 1. The van der Waals surface area contributed by atoms with E-state index in [9.17, 15) is 9.59 Å². The van der Waals surface area contributed by atoms with Gasteiger partial charge in [-0.3, -0.25) is 0 Å². The molecule has 140 valence electrons. The highest BCUT2D eigenvalue weighted by atomic mass is 32.1. The van der Waals surface area contributed by atoms with Gasteiger partial charge in [0.25, 0.3) is 0 Å². The van der Waals surface area contributed by atoms with Crippen molar-refractivity contribution in [1.29, 1.82) is 0 Å². The van der Waals surface area contributed by atoms with Gasteiger partial charge >= 0.3 is 11.6 Å². The molecule has 0 N–H and O–H groups in total. The van der Waals surface area contributed by atoms with E-state index in [1.165, 1.54) is 24.5 Å². The maximum atomic E-state index is 12.4. The van der Waals surface area contributed by atoms with Crippen LogP contribution in [0.5, 0.6) is 5.75 Å². The number of hydrogen-bond acceptors (Lipinski definition) is 7. The summed E-state index contributed by atoms with van der Waals surface area (Å²) in [5.74, 6) is -0.335. The van der Waals surface area contributed by atoms with Crippen LogP contribution in [0.1, 0.15) is 16.1 Å². The monoisotopic (exact) mass is 393 g/mol. The fourth-order valence-electron chi connectivity index (χ4n) is 2.72. The number of benzene rings is 2. The van der Waals surface area contributed by atoms with E-state index in [1.54, 1.807) is 18.2 Å². The van der Waals surface area contributed by atoms with E-state index < -0.39 is 11.6 Å². The molecular formula is C21H15NO5S. The van der Waals surface area contributed by atoms with Crippen molar-refractivity contribution in [3.8, 4) is 16.3 Å². The summed E-state index contributed by atoms with van der Waals surface area (Å²) < 4.78 is 15.7. The van der Waals surface area contributed by atoms with E-state index >= 15 is 0 Å². The van der Waals surface area contributed by atoms with Gasteiger partial charge in [0.05, 0.1) is 12.8 Å². The summed E-state index contributed by atoms with van der Waals surface area (Å²) in [5.41, 5.74) is 0.960. The maximum absolute atomic E-state index is 12.4. The topological polar surface area (TPSA) is 78.6 Å². The van der Waals surface area contributed by atoms with Crippen LogP contribution in [0.4, 0.5) is 0 Å². The summed E-state index contributed by atoms with van der Waals surface area (Å²) in [5, 5.41) is 3.23. The molecule has 0 fully saturated rings. The third kappa shape index (κ3) is 3.52. The van der Waals surface area contributed by atoms with Gasteiger partial charge < -0.3 is 13.9 Å². The smallest absolute Gasteiger partial charge is 0.351 e. The Balaban J connectivity index is 1.52. The highest BCUT2D eigenvalue weighted by Crippen LogP contribution is 2.25. The van der Waals surface area contributed by atoms with Crippen molar-refractivity contribution in [2.75, 3.05) is 7.11 Å². The fourth-order valence-corrected chi connectivity index (χ4v) is 3.54. The first kappa shape index (κ1) is 17.9. The largest absolute Gasteiger partial charge is 0.493 e. The van der Waals surface area contributed by atoms with Crippen molar-refractivity contribution in [1.82, 2.24) is 4.98 Å². The highest BCUT2D eigenvalue weighted by Gasteiger charge is 2.17. The molecule has 0 aliphatic carbocycles. The Labute approximate surface area is 164 Å². The first-order valence-corrected chi connectivity index (χ1v) is 9.31. The molecule has 0 atom stereocenters. The molecule has 0 amide bonds. The lowest BCUT2D eigenvalue weighted by molar-refractivity contribution is 0.0464. The molecule has 6 nitrogen and oxygen atoms in total. The van der Waals surface area contributed by atoms with Crippen LogP contribution in [0.15, 0.2) is 69.2 Å². The minimum Gasteiger partial charge on any atom is -0.493 e. The van der Waals surface area contributed by atoms with Gasteiger partial charge in [0.15, 0.2) is 11.3 Å². The average molecular weight is 393 g/mol. The molecule has 0 unspecified atom stereocenters. The van der Waals surface area contributed by atoms with Crippen molar-refractivity contribution < 1.29 is 18.7 Å². The predicted molar refractivity (Wildman–Crippen MR) is 106 cm³/mol. The number of rotatable bonds is 5. The van der Waals surface area contributed by atoms with E-state index in [2.05, 4.69) is 4.98 Å². The second kappa shape index (κ2) is 7.66. The molecule has 0 aliphatic rings. The van der Waals surface area contributed by atoms with Crippen LogP contribution in [-0.2, 0) is 11.3 Å². The average Bonchev–Trinajstić information content (AvgIpc) is 3.21. The summed E-state index contributed by atoms with van der Waals surface area (Å²) >= 11 is 1.46. The lowest BCUT2D eigenvalue weighted by Crippen LogP contribution is -2.16. The number of fused-ring (bicyclic) bond motifs is 1. The molecule has 28 heavy (non-hydrogen) atoms. The summed E-state index contributed by atoms with van der Waals surface area (Å²) in [6, 6.07) is 16.3. The number of esters is 1. The van der Waals surface area contributed by atoms with Crippen LogP contribution in [0.25, 0.3) is 21.5 Å². The molecule has 2 heterocycles. The molecule has 0 aliphatic heterocycles. The Morgan fingerprint density at radius 1 is 1.14 bits per heavy atom. The fraction of sp³-hybridized carbons (Fsp3) is 0.0952. The first-order chi connectivity index (χ1) is 13.7. The number of carbonyl (C=O) groups is 1. The van der Waals surface area contributed by atoms with E-state index in [4.69, 9.17) is 13.9 Å². The van der Waals surface area contributed by atoms with Crippen molar-refractivity contribution in [2.24, 2.45) is 0 Å². The van der Waals surface area contributed by atoms with Crippen LogP contribution < -0.4 is 10.4 Å². The van der Waals surface area contributed by atoms with E-state index in [1.807, 2.05) is 35.7 Å². The third-order valence-electron chi connectivity index (χ3n) is 4.09. The van der Waals surface area contributed by atoms with Gasteiger partial charge in [-0.15, -0.1) is 11.3 Å². The molecule has 0 saturated heterocycles. The second-order valence-corrected chi connectivity index (χ2v) is 6.77. The number of hydrogen-bond donors (Lipinski definition) is 0. The SMILES string of the molecule is COc1cccc2cc(C(=O)OCc3csc(-c4ccccc4)n3)c(=O)oc12. The van der Waals surface area contributed by atoms with Gasteiger partial charge in [-0.2, -0.15) is 0 Å². The molecular weight excluding hydrogens is 378 g/mol. The Morgan fingerprint density at radius 2 is 1.96 bits per heavy atom. The number of methoxy groups -OCH3 is 1. The van der Waals surface area contributed by atoms with E-state index in [0.29, 0.717) is 22.4 Å². The van der Waals surface area contributed by atoms with Crippen molar-refractivity contribution in [2.45, 2.75) is 6.61 Å². The Bertz CT molecular complexity index is 1200.